The summed E-state index contributed by atoms with van der Waals surface area (Å²) >= 11 is 7.50. The molecule has 19 heavy (non-hydrogen) atoms. The first kappa shape index (κ1) is 12.4. The number of thiophene rings is 1. The average molecular weight is 297 g/mol. The summed E-state index contributed by atoms with van der Waals surface area (Å²) in [5.41, 5.74) is 1.31. The predicted molar refractivity (Wildman–Crippen MR) is 72.5 cm³/mol. The van der Waals surface area contributed by atoms with Crippen LogP contribution in [0.25, 0.3) is 21.6 Å². The molecule has 0 aliphatic rings. The van der Waals surface area contributed by atoms with Gasteiger partial charge in [0.1, 0.15) is 5.15 Å². The molecular formula is C13H7ClF2N2S. The van der Waals surface area contributed by atoms with E-state index in [1.54, 1.807) is 0 Å². The highest BCUT2D eigenvalue weighted by molar-refractivity contribution is 7.13. The zero-order valence-corrected chi connectivity index (χ0v) is 11.3. The molecule has 0 aliphatic heterocycles. The number of halogens is 3. The molecular weight excluding hydrogens is 290 g/mol. The van der Waals surface area contributed by atoms with Crippen LogP contribution in [0.2, 0.25) is 5.15 Å². The van der Waals surface area contributed by atoms with E-state index in [-0.39, 0.29) is 5.15 Å². The molecule has 6 heteroatoms. The Morgan fingerprint density at radius 3 is 2.58 bits per heavy atom. The van der Waals surface area contributed by atoms with E-state index in [0.717, 1.165) is 22.6 Å². The molecule has 0 radical (unpaired) electrons. The summed E-state index contributed by atoms with van der Waals surface area (Å²) < 4.78 is 26.4. The Morgan fingerprint density at radius 1 is 1.16 bits per heavy atom. The number of hydrogen-bond donors (Lipinski definition) is 0. The van der Waals surface area contributed by atoms with Gasteiger partial charge in [0, 0.05) is 11.5 Å². The van der Waals surface area contributed by atoms with Gasteiger partial charge in [-0.25, -0.2) is 18.7 Å². The highest BCUT2D eigenvalue weighted by atomic mass is 35.5. The van der Waals surface area contributed by atoms with Crippen molar-refractivity contribution in [1.29, 1.82) is 0 Å². The number of rotatable bonds is 1. The Bertz CT molecular complexity index is 786. The average Bonchev–Trinajstić information content (AvgIpc) is 2.78. The normalized spacial score (nSPS) is 11.2. The maximum atomic E-state index is 13.3. The summed E-state index contributed by atoms with van der Waals surface area (Å²) in [6, 6.07) is 3.98. The minimum Gasteiger partial charge on any atom is -0.227 e. The molecule has 3 rings (SSSR count). The van der Waals surface area contributed by atoms with E-state index in [2.05, 4.69) is 9.97 Å². The SMILES string of the molecule is Cc1ccsc1-c1nc(Cl)c2cc(F)c(F)cc2n1. The maximum absolute atomic E-state index is 13.3. The molecule has 1 aromatic carbocycles. The number of hydrogen-bond acceptors (Lipinski definition) is 3. The van der Waals surface area contributed by atoms with Crippen LogP contribution in [0.4, 0.5) is 8.78 Å². The number of benzene rings is 1. The van der Waals surface area contributed by atoms with Gasteiger partial charge in [0.2, 0.25) is 0 Å². The van der Waals surface area contributed by atoms with Gasteiger partial charge in [0.05, 0.1) is 10.4 Å². The Labute approximate surface area is 116 Å². The molecule has 0 saturated heterocycles. The van der Waals surface area contributed by atoms with Crippen LogP contribution in [0.3, 0.4) is 0 Å². The predicted octanol–water partition coefficient (Wildman–Crippen LogP) is 4.60. The first-order valence-corrected chi connectivity index (χ1v) is 6.69. The highest BCUT2D eigenvalue weighted by Crippen LogP contribution is 2.30. The van der Waals surface area contributed by atoms with Crippen LogP contribution in [0.15, 0.2) is 23.6 Å². The number of aryl methyl sites for hydroxylation is 1. The van der Waals surface area contributed by atoms with E-state index in [4.69, 9.17) is 11.6 Å². The lowest BCUT2D eigenvalue weighted by Gasteiger charge is -2.04. The molecule has 0 amide bonds. The van der Waals surface area contributed by atoms with Crippen LogP contribution in [0.5, 0.6) is 0 Å². The van der Waals surface area contributed by atoms with E-state index in [0.29, 0.717) is 16.7 Å². The third kappa shape index (κ3) is 2.09. The van der Waals surface area contributed by atoms with Gasteiger partial charge in [0.25, 0.3) is 0 Å². The summed E-state index contributed by atoms with van der Waals surface area (Å²) in [5.74, 6) is -1.48. The molecule has 0 unspecified atom stereocenters. The summed E-state index contributed by atoms with van der Waals surface area (Å²) in [4.78, 5) is 9.27. The Morgan fingerprint density at radius 2 is 1.89 bits per heavy atom. The summed E-state index contributed by atoms with van der Waals surface area (Å²) in [6.07, 6.45) is 0. The van der Waals surface area contributed by atoms with Crippen LogP contribution in [-0.2, 0) is 0 Å². The monoisotopic (exact) mass is 296 g/mol. The molecule has 0 spiro atoms. The number of fused-ring (bicyclic) bond motifs is 1. The van der Waals surface area contributed by atoms with Crippen molar-refractivity contribution < 1.29 is 8.78 Å². The van der Waals surface area contributed by atoms with E-state index in [1.807, 2.05) is 18.4 Å². The molecule has 0 bridgehead atoms. The fourth-order valence-electron chi connectivity index (χ4n) is 1.79. The van der Waals surface area contributed by atoms with Crippen LogP contribution >= 0.6 is 22.9 Å². The van der Waals surface area contributed by atoms with Crippen molar-refractivity contribution in [3.8, 4) is 10.7 Å². The summed E-state index contributed by atoms with van der Waals surface area (Å²) in [6.45, 7) is 1.93. The van der Waals surface area contributed by atoms with Gasteiger partial charge >= 0.3 is 0 Å². The van der Waals surface area contributed by atoms with Crippen LogP contribution in [-0.4, -0.2) is 9.97 Å². The van der Waals surface area contributed by atoms with Gasteiger partial charge in [-0.05, 0) is 30.0 Å². The summed E-state index contributed by atoms with van der Waals surface area (Å²) in [5, 5.41) is 2.34. The largest absolute Gasteiger partial charge is 0.227 e. The Kier molecular flexibility index (Phi) is 2.95. The molecule has 0 saturated carbocycles. The van der Waals surface area contributed by atoms with Crippen LogP contribution < -0.4 is 0 Å². The molecule has 0 fully saturated rings. The lowest BCUT2D eigenvalue weighted by atomic mass is 10.2. The minimum absolute atomic E-state index is 0.117. The second-order valence-corrected chi connectivity index (χ2v) is 5.33. The van der Waals surface area contributed by atoms with Gasteiger partial charge < -0.3 is 0 Å². The standard InChI is InChI=1S/C13H7ClF2N2S/c1-6-2-3-19-11(6)13-17-10-5-9(16)8(15)4-7(10)12(14)18-13/h2-5H,1H3. The molecule has 2 nitrogen and oxygen atoms in total. The smallest absolute Gasteiger partial charge is 0.171 e. The van der Waals surface area contributed by atoms with Crippen molar-refractivity contribution in [2.75, 3.05) is 0 Å². The molecule has 96 valence electrons. The van der Waals surface area contributed by atoms with Gasteiger partial charge in [0.15, 0.2) is 17.5 Å². The summed E-state index contributed by atoms with van der Waals surface area (Å²) in [7, 11) is 0. The van der Waals surface area contributed by atoms with Gasteiger partial charge in [-0.2, -0.15) is 0 Å². The van der Waals surface area contributed by atoms with Crippen LogP contribution in [0.1, 0.15) is 5.56 Å². The lowest BCUT2D eigenvalue weighted by Crippen LogP contribution is -1.94. The van der Waals surface area contributed by atoms with Gasteiger partial charge in [-0.1, -0.05) is 11.6 Å². The fourth-order valence-corrected chi connectivity index (χ4v) is 2.88. The number of nitrogens with zero attached hydrogens (tertiary/aromatic N) is 2. The van der Waals surface area contributed by atoms with E-state index >= 15 is 0 Å². The van der Waals surface area contributed by atoms with Crippen molar-refractivity contribution in [2.24, 2.45) is 0 Å². The molecule has 0 N–H and O–H groups in total. The topological polar surface area (TPSA) is 25.8 Å². The minimum atomic E-state index is -0.960. The highest BCUT2D eigenvalue weighted by Gasteiger charge is 2.13. The molecule has 0 atom stereocenters. The van der Waals surface area contributed by atoms with Gasteiger partial charge in [-0.3, -0.25) is 0 Å². The van der Waals surface area contributed by atoms with Gasteiger partial charge in [-0.15, -0.1) is 11.3 Å². The lowest BCUT2D eigenvalue weighted by molar-refractivity contribution is 0.510. The molecule has 3 aromatic rings. The van der Waals surface area contributed by atoms with Crippen molar-refractivity contribution >= 4 is 33.8 Å². The van der Waals surface area contributed by atoms with E-state index in [1.165, 1.54) is 11.3 Å². The van der Waals surface area contributed by atoms with E-state index < -0.39 is 11.6 Å². The van der Waals surface area contributed by atoms with E-state index in [9.17, 15) is 8.78 Å². The third-order valence-corrected chi connectivity index (χ3v) is 4.06. The Hall–Kier alpha value is -1.59. The second-order valence-electron chi connectivity index (χ2n) is 4.05. The van der Waals surface area contributed by atoms with Crippen LogP contribution in [0, 0.1) is 18.6 Å². The first-order valence-electron chi connectivity index (χ1n) is 5.43. The molecule has 0 aliphatic carbocycles. The maximum Gasteiger partial charge on any atom is 0.171 e. The Balaban J connectivity index is 2.30. The zero-order chi connectivity index (χ0) is 13.6. The second kappa shape index (κ2) is 4.51. The van der Waals surface area contributed by atoms with Crippen molar-refractivity contribution in [2.45, 2.75) is 6.92 Å². The molecule has 2 aromatic heterocycles. The molecule has 2 heterocycles. The van der Waals surface area contributed by atoms with Crippen molar-refractivity contribution in [3.63, 3.8) is 0 Å². The van der Waals surface area contributed by atoms with Crippen molar-refractivity contribution in [1.82, 2.24) is 9.97 Å². The zero-order valence-electron chi connectivity index (χ0n) is 9.75. The quantitative estimate of drug-likeness (QED) is 0.613. The number of aromatic nitrogens is 2. The first-order chi connectivity index (χ1) is 9.06. The fraction of sp³-hybridized carbons (Fsp3) is 0.0769. The third-order valence-electron chi connectivity index (χ3n) is 2.76. The van der Waals surface area contributed by atoms with Crippen molar-refractivity contribution in [3.05, 3.63) is 45.9 Å².